The maximum Gasteiger partial charge on any atom is 0.397 e. The molecule has 0 aromatic heterocycles. The van der Waals surface area contributed by atoms with Crippen molar-refractivity contribution >= 4 is 0 Å². The van der Waals surface area contributed by atoms with Crippen molar-refractivity contribution in [2.45, 2.75) is 45.1 Å². The molecule has 1 rings (SSSR count). The summed E-state index contributed by atoms with van der Waals surface area (Å²) < 4.78 is 50.3. The van der Waals surface area contributed by atoms with Crippen LogP contribution in [0.5, 0.6) is 0 Å². The van der Waals surface area contributed by atoms with Crippen LogP contribution >= 0.6 is 0 Å². The topological polar surface area (TPSA) is 18.5 Å². The fourth-order valence-electron chi connectivity index (χ4n) is 2.56. The summed E-state index contributed by atoms with van der Waals surface area (Å²) in [5, 5.41) is 0. The Hall–Kier alpha value is -0.550. The average molecular weight is 266 g/mol. The molecule has 1 saturated carbocycles. The normalized spacial score (nSPS) is 31.1. The molecule has 106 valence electrons. The van der Waals surface area contributed by atoms with Crippen molar-refractivity contribution in [2.75, 3.05) is 13.7 Å². The van der Waals surface area contributed by atoms with Gasteiger partial charge in [-0.05, 0) is 25.7 Å². The molecular weight excluding hydrogens is 245 g/mol. The number of alkyl halides is 3. The highest BCUT2D eigenvalue weighted by atomic mass is 19.4. The number of hydrogen-bond donors (Lipinski definition) is 0. The van der Waals surface area contributed by atoms with Crippen molar-refractivity contribution < 1.29 is 22.6 Å². The Morgan fingerprint density at radius 2 is 2.11 bits per heavy atom. The van der Waals surface area contributed by atoms with Gasteiger partial charge in [0.25, 0.3) is 0 Å². The molecule has 0 heterocycles. The Balaban J connectivity index is 2.90. The summed E-state index contributed by atoms with van der Waals surface area (Å²) in [6, 6.07) is 0. The summed E-state index contributed by atoms with van der Waals surface area (Å²) in [6.45, 7) is 4.79. The van der Waals surface area contributed by atoms with Crippen LogP contribution in [0.4, 0.5) is 13.2 Å². The summed E-state index contributed by atoms with van der Waals surface area (Å²) in [5.74, 6) is -0.574. The first-order valence-electron chi connectivity index (χ1n) is 6.21. The summed E-state index contributed by atoms with van der Waals surface area (Å²) in [6.07, 6.45) is -1.47. The second kappa shape index (κ2) is 6.06. The Kier molecular flexibility index (Phi) is 5.22. The molecule has 0 radical (unpaired) electrons. The van der Waals surface area contributed by atoms with Crippen molar-refractivity contribution in [1.82, 2.24) is 0 Å². The van der Waals surface area contributed by atoms with E-state index in [-0.39, 0.29) is 13.0 Å². The van der Waals surface area contributed by atoms with Crippen molar-refractivity contribution in [3.63, 3.8) is 0 Å². The van der Waals surface area contributed by atoms with Gasteiger partial charge in [-0.3, -0.25) is 0 Å². The van der Waals surface area contributed by atoms with Crippen LogP contribution in [-0.4, -0.2) is 26.2 Å². The molecule has 1 aliphatic rings. The molecular formula is C13H21F3O2. The number of methoxy groups -OCH3 is 1. The van der Waals surface area contributed by atoms with Gasteiger partial charge in [0.15, 0.2) is 6.29 Å². The van der Waals surface area contributed by atoms with Crippen molar-refractivity contribution in [3.05, 3.63) is 12.7 Å². The van der Waals surface area contributed by atoms with Crippen LogP contribution in [0.1, 0.15) is 32.6 Å². The molecule has 0 amide bonds. The lowest BCUT2D eigenvalue weighted by atomic mass is 9.66. The molecule has 0 saturated heterocycles. The van der Waals surface area contributed by atoms with E-state index < -0.39 is 23.8 Å². The largest absolute Gasteiger partial charge is 0.397 e. The van der Waals surface area contributed by atoms with E-state index in [2.05, 4.69) is 6.58 Å². The van der Waals surface area contributed by atoms with Gasteiger partial charge in [-0.2, -0.15) is 13.2 Å². The van der Waals surface area contributed by atoms with E-state index in [0.717, 1.165) is 6.42 Å². The first kappa shape index (κ1) is 15.5. The fraction of sp³-hybridized carbons (Fsp3) is 0.846. The number of allylic oxidation sites excluding steroid dienone is 1. The minimum atomic E-state index is -4.28. The number of hydrogen-bond acceptors (Lipinski definition) is 2. The van der Waals surface area contributed by atoms with Crippen LogP contribution in [0.15, 0.2) is 12.7 Å². The maximum absolute atomic E-state index is 13.4. The lowest BCUT2D eigenvalue weighted by Gasteiger charge is -2.44. The molecule has 0 bridgehead atoms. The molecule has 5 heteroatoms. The average Bonchev–Trinajstić information content (AvgIpc) is 2.34. The summed E-state index contributed by atoms with van der Waals surface area (Å²) in [7, 11) is 1.41. The van der Waals surface area contributed by atoms with Crippen LogP contribution in [-0.2, 0) is 9.47 Å². The van der Waals surface area contributed by atoms with Crippen LogP contribution in [0.25, 0.3) is 0 Å². The van der Waals surface area contributed by atoms with E-state index >= 15 is 0 Å². The van der Waals surface area contributed by atoms with Gasteiger partial charge in [0.2, 0.25) is 0 Å². The Morgan fingerprint density at radius 3 is 2.61 bits per heavy atom. The van der Waals surface area contributed by atoms with Gasteiger partial charge < -0.3 is 9.47 Å². The molecule has 3 unspecified atom stereocenters. The highest BCUT2D eigenvalue weighted by molar-refractivity contribution is 5.02. The summed E-state index contributed by atoms with van der Waals surface area (Å²) >= 11 is 0. The lowest BCUT2D eigenvalue weighted by molar-refractivity contribution is -0.276. The second-order valence-electron chi connectivity index (χ2n) is 4.86. The highest BCUT2D eigenvalue weighted by Crippen LogP contribution is 2.53. The summed E-state index contributed by atoms with van der Waals surface area (Å²) in [4.78, 5) is 0. The number of rotatable bonds is 5. The SMILES string of the molecule is C=CC1CCCCC1(COC(C)OC)C(F)(F)F. The van der Waals surface area contributed by atoms with Crippen LogP contribution in [0.3, 0.4) is 0 Å². The second-order valence-corrected chi connectivity index (χ2v) is 4.86. The molecule has 18 heavy (non-hydrogen) atoms. The maximum atomic E-state index is 13.4. The monoisotopic (exact) mass is 266 g/mol. The van der Waals surface area contributed by atoms with E-state index in [1.807, 2.05) is 0 Å². The third kappa shape index (κ3) is 3.06. The zero-order chi connectivity index (χ0) is 13.8. The third-order valence-electron chi connectivity index (χ3n) is 3.85. The van der Waals surface area contributed by atoms with Crippen molar-refractivity contribution in [3.8, 4) is 0 Å². The predicted molar refractivity (Wildman–Crippen MR) is 63.1 cm³/mol. The van der Waals surface area contributed by atoms with Gasteiger partial charge in [-0.25, -0.2) is 0 Å². The van der Waals surface area contributed by atoms with E-state index in [0.29, 0.717) is 12.8 Å². The van der Waals surface area contributed by atoms with Gasteiger partial charge >= 0.3 is 6.18 Å². The van der Waals surface area contributed by atoms with Gasteiger partial charge in [0.1, 0.15) is 0 Å². The van der Waals surface area contributed by atoms with Crippen molar-refractivity contribution in [1.29, 1.82) is 0 Å². The molecule has 0 aliphatic heterocycles. The van der Waals surface area contributed by atoms with Crippen LogP contribution < -0.4 is 0 Å². The zero-order valence-corrected chi connectivity index (χ0v) is 10.9. The first-order chi connectivity index (χ1) is 8.37. The summed E-state index contributed by atoms with van der Waals surface area (Å²) in [5.41, 5.74) is -1.81. The molecule has 0 aromatic carbocycles. The van der Waals surface area contributed by atoms with Gasteiger partial charge in [-0.1, -0.05) is 18.9 Å². The molecule has 0 N–H and O–H groups in total. The molecule has 1 fully saturated rings. The smallest absolute Gasteiger partial charge is 0.356 e. The molecule has 0 spiro atoms. The van der Waals surface area contributed by atoms with E-state index in [9.17, 15) is 13.2 Å². The van der Waals surface area contributed by atoms with Crippen LogP contribution in [0, 0.1) is 11.3 Å². The third-order valence-corrected chi connectivity index (χ3v) is 3.85. The van der Waals surface area contributed by atoms with E-state index in [1.165, 1.54) is 13.2 Å². The fourth-order valence-corrected chi connectivity index (χ4v) is 2.56. The Morgan fingerprint density at radius 1 is 1.44 bits per heavy atom. The van der Waals surface area contributed by atoms with E-state index in [4.69, 9.17) is 9.47 Å². The van der Waals surface area contributed by atoms with E-state index in [1.54, 1.807) is 6.92 Å². The van der Waals surface area contributed by atoms with Gasteiger partial charge in [0, 0.05) is 7.11 Å². The van der Waals surface area contributed by atoms with Crippen LogP contribution in [0.2, 0.25) is 0 Å². The lowest BCUT2D eigenvalue weighted by Crippen LogP contribution is -2.49. The predicted octanol–water partition coefficient (Wildman–Crippen LogP) is 3.92. The quantitative estimate of drug-likeness (QED) is 0.554. The Labute approximate surface area is 106 Å². The highest BCUT2D eigenvalue weighted by Gasteiger charge is 2.59. The Bertz CT molecular complexity index is 278. The molecule has 1 aliphatic carbocycles. The van der Waals surface area contributed by atoms with Gasteiger partial charge in [-0.15, -0.1) is 6.58 Å². The standard InChI is InChI=1S/C13H21F3O2/c1-4-11-7-5-6-8-12(11,13(14,15)16)9-18-10(2)17-3/h4,10-11H,1,5-9H2,2-3H3. The van der Waals surface area contributed by atoms with Crippen molar-refractivity contribution in [2.24, 2.45) is 11.3 Å². The number of halogens is 3. The first-order valence-corrected chi connectivity index (χ1v) is 6.21. The minimum Gasteiger partial charge on any atom is -0.356 e. The molecule has 3 atom stereocenters. The molecule has 2 nitrogen and oxygen atoms in total. The zero-order valence-electron chi connectivity index (χ0n) is 10.9. The number of ether oxygens (including phenoxy) is 2. The molecule has 0 aromatic rings. The van der Waals surface area contributed by atoms with Gasteiger partial charge in [0.05, 0.1) is 12.0 Å². The minimum absolute atomic E-state index is 0.101.